The molecule has 2 heteroatoms. The molecule has 0 amide bonds. The van der Waals surface area contributed by atoms with Gasteiger partial charge < -0.3 is 0 Å². The summed E-state index contributed by atoms with van der Waals surface area (Å²) in [4.78, 5) is 0. The van der Waals surface area contributed by atoms with Gasteiger partial charge in [0.25, 0.3) is 0 Å². The molecule has 0 aromatic heterocycles. The Labute approximate surface area is 436 Å². The Hall–Kier alpha value is -6.70. The average molecular weight is 1020 g/mol. The summed E-state index contributed by atoms with van der Waals surface area (Å²) in [7, 11) is -0.696. The van der Waals surface area contributed by atoms with E-state index in [1.165, 1.54) is 114 Å². The van der Waals surface area contributed by atoms with Crippen molar-refractivity contribution in [2.45, 2.75) is 59.6 Å². The molecule has 0 radical (unpaired) electrons. The Morgan fingerprint density at radius 2 is 0.750 bits per heavy atom. The second-order valence-electron chi connectivity index (χ2n) is 20.4. The molecule has 13 rings (SSSR count). The molecule has 347 valence electrons. The van der Waals surface area contributed by atoms with Crippen molar-refractivity contribution in [2.75, 3.05) is 0 Å². The Kier molecular flexibility index (Phi) is 12.2. The van der Waals surface area contributed by atoms with Crippen molar-refractivity contribution in [3.63, 3.8) is 0 Å². The monoisotopic (exact) mass is 1020 g/mol. The molecule has 0 fully saturated rings. The SMILES string of the molecule is CCCCC1=Cc2c(-c3ccccc3-c3cccc4ccccc34)cccc2[CH]1[Zr]([c]1cccc2c1[SiH2]c1ccccc1-2)[CH]1C(CCCC)=Cc2c(-c3ccccc3-c3cccc4ccccc34)cccc21. The van der Waals surface area contributed by atoms with E-state index in [1.54, 1.807) is 35.9 Å². The second-order valence-corrected chi connectivity index (χ2v) is 28.6. The van der Waals surface area contributed by atoms with Gasteiger partial charge in [0.1, 0.15) is 0 Å². The van der Waals surface area contributed by atoms with Gasteiger partial charge in [0, 0.05) is 0 Å². The van der Waals surface area contributed by atoms with E-state index in [4.69, 9.17) is 0 Å². The third-order valence-corrected chi connectivity index (χ3v) is 28.4. The van der Waals surface area contributed by atoms with Crippen molar-refractivity contribution in [3.8, 4) is 55.6 Å². The molecule has 2 unspecified atom stereocenters. The van der Waals surface area contributed by atoms with Crippen LogP contribution in [0.2, 0.25) is 0 Å². The van der Waals surface area contributed by atoms with Crippen molar-refractivity contribution < 1.29 is 21.8 Å². The van der Waals surface area contributed by atoms with E-state index < -0.39 is 31.3 Å². The molecule has 0 N–H and O–H groups in total. The molecule has 2 atom stereocenters. The van der Waals surface area contributed by atoms with Crippen LogP contribution in [0.4, 0.5) is 0 Å². The molecule has 10 aromatic rings. The summed E-state index contributed by atoms with van der Waals surface area (Å²) in [5.41, 5.74) is 23.1. The minimum absolute atomic E-state index is 0.412. The van der Waals surface area contributed by atoms with Crippen molar-refractivity contribution in [1.82, 2.24) is 0 Å². The van der Waals surface area contributed by atoms with Crippen LogP contribution in [-0.2, 0) is 21.8 Å². The number of fused-ring (bicyclic) bond motifs is 7. The minimum atomic E-state index is -3.05. The second kappa shape index (κ2) is 19.4. The molecular formula is C70H59SiZr. The number of benzene rings is 10. The van der Waals surface area contributed by atoms with Crippen molar-refractivity contribution >= 4 is 56.9 Å². The van der Waals surface area contributed by atoms with Crippen LogP contribution in [0.25, 0.3) is 89.3 Å². The van der Waals surface area contributed by atoms with Crippen LogP contribution in [0.3, 0.4) is 0 Å². The molecule has 3 aliphatic rings. The van der Waals surface area contributed by atoms with E-state index in [9.17, 15) is 0 Å². The first-order chi connectivity index (χ1) is 35.7. The van der Waals surface area contributed by atoms with Gasteiger partial charge in [-0.15, -0.1) is 0 Å². The van der Waals surface area contributed by atoms with Crippen molar-refractivity contribution in [3.05, 3.63) is 246 Å². The Balaban J connectivity index is 1.04. The van der Waals surface area contributed by atoms with E-state index in [1.807, 2.05) is 0 Å². The van der Waals surface area contributed by atoms with E-state index in [2.05, 4.69) is 238 Å². The molecule has 0 saturated heterocycles. The summed E-state index contributed by atoms with van der Waals surface area (Å²) < 4.78 is 2.60. The molecule has 0 nitrogen and oxygen atoms in total. The van der Waals surface area contributed by atoms with E-state index in [-0.39, 0.29) is 0 Å². The maximum atomic E-state index is 2.73. The van der Waals surface area contributed by atoms with Crippen LogP contribution in [0.15, 0.2) is 223 Å². The predicted molar refractivity (Wildman–Crippen MR) is 309 cm³/mol. The molecule has 72 heavy (non-hydrogen) atoms. The van der Waals surface area contributed by atoms with Crippen LogP contribution in [-0.4, -0.2) is 9.52 Å². The fourth-order valence-electron chi connectivity index (χ4n) is 13.1. The number of allylic oxidation sites excluding steroid dienone is 2. The molecule has 1 aliphatic heterocycles. The number of hydrogen-bond acceptors (Lipinski definition) is 0. The van der Waals surface area contributed by atoms with Gasteiger partial charge in [-0.25, -0.2) is 0 Å². The maximum absolute atomic E-state index is 3.05. The molecule has 10 aromatic carbocycles. The van der Waals surface area contributed by atoms with Gasteiger partial charge in [-0.3, -0.25) is 0 Å². The zero-order chi connectivity index (χ0) is 48.1. The number of unbranched alkanes of at least 4 members (excludes halogenated alkanes) is 2. The fourth-order valence-corrected chi connectivity index (χ4v) is 27.1. The number of rotatable bonds is 13. The summed E-state index contributed by atoms with van der Waals surface area (Å²) in [6.45, 7) is 4.76. The van der Waals surface area contributed by atoms with Crippen molar-refractivity contribution in [1.29, 1.82) is 0 Å². The summed E-state index contributed by atoms with van der Waals surface area (Å²) in [5, 5.41) is 8.54. The van der Waals surface area contributed by atoms with E-state index >= 15 is 0 Å². The Bertz CT molecular complexity index is 3580. The quantitative estimate of drug-likeness (QED) is 0.101. The molecule has 0 spiro atoms. The normalized spacial score (nSPS) is 15.6. The van der Waals surface area contributed by atoms with Gasteiger partial charge in [0.2, 0.25) is 0 Å². The first-order valence-electron chi connectivity index (χ1n) is 26.6. The fraction of sp³-hybridized carbons (Fsp3) is 0.143. The Morgan fingerprint density at radius 1 is 0.361 bits per heavy atom. The average Bonchev–Trinajstić information content (AvgIpc) is 4.13. The molecule has 2 aliphatic carbocycles. The van der Waals surface area contributed by atoms with Gasteiger partial charge in [-0.05, 0) is 0 Å². The van der Waals surface area contributed by atoms with Gasteiger partial charge in [0.15, 0.2) is 0 Å². The van der Waals surface area contributed by atoms with Crippen molar-refractivity contribution in [2.24, 2.45) is 0 Å². The first kappa shape index (κ1) is 45.2. The standard InChI is InChI=1S/2C29H25.C12H9Si.Zr/c2*1-2-3-10-21-19-23-13-9-18-28(29(23)20-21)27-16-7-6-15-26(27)25-17-8-12-22-11-4-5-14-24(22)25;1-3-7-11-9(5-1)10-6-2-4-8-12(10)13-11;/h2*4-9,11-20H,2-3,10H2,1H3;1-7H,13H2;. The molecule has 0 saturated carbocycles. The van der Waals surface area contributed by atoms with Gasteiger partial charge in [-0.2, -0.15) is 0 Å². The third-order valence-electron chi connectivity index (χ3n) is 16.3. The molecule has 1 heterocycles. The van der Waals surface area contributed by atoms with Crippen LogP contribution in [0.5, 0.6) is 0 Å². The predicted octanol–water partition coefficient (Wildman–Crippen LogP) is 16.7. The van der Waals surface area contributed by atoms with Crippen LogP contribution >= 0.6 is 0 Å². The van der Waals surface area contributed by atoms with Gasteiger partial charge in [0.05, 0.1) is 0 Å². The third kappa shape index (κ3) is 7.73. The topological polar surface area (TPSA) is 0 Å². The Morgan fingerprint density at radius 3 is 1.28 bits per heavy atom. The van der Waals surface area contributed by atoms with Gasteiger partial charge >= 0.3 is 440 Å². The van der Waals surface area contributed by atoms with Crippen LogP contribution in [0, 0.1) is 0 Å². The number of hydrogen-bond donors (Lipinski definition) is 0. The van der Waals surface area contributed by atoms with Crippen LogP contribution in [0.1, 0.15) is 81.9 Å². The summed E-state index contributed by atoms with van der Waals surface area (Å²) >= 11 is -3.05. The zero-order valence-corrected chi connectivity index (χ0v) is 45.3. The summed E-state index contributed by atoms with van der Waals surface area (Å²) in [6.07, 6.45) is 12.5. The van der Waals surface area contributed by atoms with E-state index in [0.717, 1.165) is 12.8 Å². The first-order valence-corrected chi connectivity index (χ1v) is 32.1. The summed E-state index contributed by atoms with van der Waals surface area (Å²) in [6, 6.07) is 81.7. The zero-order valence-electron chi connectivity index (χ0n) is 41.5. The molecular weight excluding hydrogens is 960 g/mol. The van der Waals surface area contributed by atoms with Crippen LogP contribution < -0.4 is 13.6 Å². The molecule has 0 bridgehead atoms. The van der Waals surface area contributed by atoms with E-state index in [0.29, 0.717) is 7.25 Å². The van der Waals surface area contributed by atoms with Gasteiger partial charge in [-0.1, -0.05) is 0 Å². The summed E-state index contributed by atoms with van der Waals surface area (Å²) in [5.74, 6) is 0.